The molecule has 0 spiro atoms. The summed E-state index contributed by atoms with van der Waals surface area (Å²) in [6, 6.07) is 3.69. The minimum absolute atomic E-state index is 0.412. The van der Waals surface area contributed by atoms with Crippen molar-refractivity contribution in [3.63, 3.8) is 0 Å². The van der Waals surface area contributed by atoms with Gasteiger partial charge in [-0.25, -0.2) is 0 Å². The van der Waals surface area contributed by atoms with E-state index in [-0.39, 0.29) is 0 Å². The second kappa shape index (κ2) is 14.0. The Hall–Kier alpha value is -1.09. The van der Waals surface area contributed by atoms with Crippen molar-refractivity contribution >= 4 is 21.1 Å². The number of benzene rings is 1. The first-order valence-corrected chi connectivity index (χ1v) is 13.1. The number of nitrogens with zero attached hydrogens (tertiary/aromatic N) is 3. The molecule has 2 rings (SSSR count). The molecular weight excluding hydrogens is 407 g/mol. The third kappa shape index (κ3) is 7.27. The van der Waals surface area contributed by atoms with Crippen molar-refractivity contribution in [2.75, 3.05) is 44.4 Å². The third-order valence-electron chi connectivity index (χ3n) is 4.01. The second-order valence-corrected chi connectivity index (χ2v) is 5.89. The minimum atomic E-state index is 0.412. The van der Waals surface area contributed by atoms with Gasteiger partial charge < -0.3 is 19.1 Å². The summed E-state index contributed by atoms with van der Waals surface area (Å²) in [7, 11) is 4.76. The van der Waals surface area contributed by atoms with E-state index in [1.54, 1.807) is 6.07 Å². The van der Waals surface area contributed by atoms with Gasteiger partial charge in [-0.05, 0) is 12.8 Å². The summed E-state index contributed by atoms with van der Waals surface area (Å²) in [5.41, 5.74) is 1.39. The number of hydrogen-bond acceptors (Lipinski definition) is 5. The van der Waals surface area contributed by atoms with E-state index in [4.69, 9.17) is 23.9 Å². The van der Waals surface area contributed by atoms with Gasteiger partial charge in [0.25, 0.3) is 0 Å². The summed E-state index contributed by atoms with van der Waals surface area (Å²) in [5, 5.41) is 9.33. The molecule has 1 fully saturated rings. The Balaban J connectivity index is 0.00000163. The molecule has 26 heavy (non-hydrogen) atoms. The number of halogens is 1. The first kappa shape index (κ1) is 23.0. The Bertz CT molecular complexity index is 563. The number of rotatable bonds is 9. The Kier molecular flexibility index (Phi) is 12.4. The monoisotopic (exact) mass is 433 g/mol. The molecule has 0 radical (unpaired) electrons. The van der Waals surface area contributed by atoms with E-state index in [1.165, 1.54) is 0 Å². The molecule has 8 heteroatoms. The molecule has 6 nitrogen and oxygen atoms in total. The summed E-state index contributed by atoms with van der Waals surface area (Å²) >= 11 is 0.847. The summed E-state index contributed by atoms with van der Waals surface area (Å²) < 4.78 is 17.2. The SMILES string of the molecule is CCCCOc1cc(N2CCOCC2)c(OCCCC)cc1[N+]#N.[Cl][Zn-]. The van der Waals surface area contributed by atoms with Gasteiger partial charge in [0.2, 0.25) is 11.1 Å². The molecule has 1 saturated heterocycles. The van der Waals surface area contributed by atoms with Gasteiger partial charge in [0, 0.05) is 19.2 Å². The third-order valence-corrected chi connectivity index (χ3v) is 4.01. The standard InChI is InChI=1S/C18H28N3O3.ClH.Zn/c1-3-5-9-23-17-14-16(21-7-11-22-12-8-21)18(13-15(17)20-19)24-10-6-4-2;;/h13-14H,3-12H2,1-2H3;1H;/q+1;;/p-1. The second-order valence-electron chi connectivity index (χ2n) is 5.89. The number of ether oxygens (including phenoxy) is 3. The van der Waals surface area contributed by atoms with Gasteiger partial charge in [0.05, 0.1) is 38.2 Å². The molecule has 1 aliphatic heterocycles. The van der Waals surface area contributed by atoms with Crippen molar-refractivity contribution in [2.45, 2.75) is 39.5 Å². The number of anilines is 1. The number of unbranched alkanes of at least 4 members (excludes halogenated alkanes) is 2. The molecule has 142 valence electrons. The van der Waals surface area contributed by atoms with E-state index in [9.17, 15) is 5.39 Å². The number of hydrogen-bond donors (Lipinski definition) is 0. The topological polar surface area (TPSA) is 59.1 Å². The summed E-state index contributed by atoms with van der Waals surface area (Å²) in [6.07, 6.45) is 4.08. The van der Waals surface area contributed by atoms with Crippen LogP contribution < -0.4 is 14.4 Å². The van der Waals surface area contributed by atoms with Crippen LogP contribution >= 0.6 is 9.69 Å². The molecule has 0 bridgehead atoms. The molecule has 1 aliphatic rings. The molecule has 1 heterocycles. The van der Waals surface area contributed by atoms with Crippen LogP contribution in [0.2, 0.25) is 0 Å². The van der Waals surface area contributed by atoms with Crippen LogP contribution in [0.3, 0.4) is 0 Å². The molecular formula is C18H28ClN3O3Zn. The van der Waals surface area contributed by atoms with E-state index in [1.807, 2.05) is 6.07 Å². The van der Waals surface area contributed by atoms with E-state index in [0.717, 1.165) is 67.5 Å². The zero-order chi connectivity index (χ0) is 19.2. The summed E-state index contributed by atoms with van der Waals surface area (Å²) in [6.45, 7) is 8.53. The van der Waals surface area contributed by atoms with Crippen LogP contribution in [0.5, 0.6) is 11.5 Å². The summed E-state index contributed by atoms with van der Waals surface area (Å²) in [4.78, 5) is 5.61. The quantitative estimate of drug-likeness (QED) is 0.309. The predicted octanol–water partition coefficient (Wildman–Crippen LogP) is 5.05. The average Bonchev–Trinajstić information content (AvgIpc) is 2.71. The van der Waals surface area contributed by atoms with Crippen molar-refractivity contribution in [1.29, 1.82) is 5.39 Å². The molecule has 1 aromatic rings. The molecule has 0 amide bonds. The van der Waals surface area contributed by atoms with Gasteiger partial charge in [-0.1, -0.05) is 26.7 Å². The van der Waals surface area contributed by atoms with Crippen LogP contribution in [0, 0.1) is 5.39 Å². The first-order valence-electron chi connectivity index (χ1n) is 9.18. The van der Waals surface area contributed by atoms with Crippen LogP contribution in [-0.2, 0) is 22.0 Å². The molecule has 1 aromatic carbocycles. The fourth-order valence-electron chi connectivity index (χ4n) is 2.55. The van der Waals surface area contributed by atoms with Gasteiger partial charge in [-0.15, -0.1) is 0 Å². The van der Waals surface area contributed by atoms with E-state index < -0.39 is 0 Å². The maximum atomic E-state index is 9.33. The number of diazo groups is 1. The normalized spacial score (nSPS) is 13.3. The maximum absolute atomic E-state index is 9.33. The van der Waals surface area contributed by atoms with Crippen LogP contribution in [0.1, 0.15) is 39.5 Å². The Morgan fingerprint density at radius 1 is 1.08 bits per heavy atom. The van der Waals surface area contributed by atoms with Crippen LogP contribution in [0.4, 0.5) is 11.4 Å². The van der Waals surface area contributed by atoms with Crippen LogP contribution in [0.25, 0.3) is 4.98 Å². The Morgan fingerprint density at radius 3 is 2.19 bits per heavy atom. The average molecular weight is 435 g/mol. The number of morpholine rings is 1. The van der Waals surface area contributed by atoms with Crippen molar-refractivity contribution in [3.05, 3.63) is 17.1 Å². The fraction of sp³-hybridized carbons (Fsp3) is 0.667. The van der Waals surface area contributed by atoms with Gasteiger partial charge >= 0.3 is 32.7 Å². The van der Waals surface area contributed by atoms with Crippen molar-refractivity contribution in [3.8, 4) is 11.5 Å². The van der Waals surface area contributed by atoms with Crippen molar-refractivity contribution < 1.29 is 31.5 Å². The van der Waals surface area contributed by atoms with E-state index in [2.05, 4.69) is 23.7 Å². The molecule has 0 aliphatic carbocycles. The Morgan fingerprint density at radius 2 is 1.65 bits per heavy atom. The molecule has 0 atom stereocenters. The summed E-state index contributed by atoms with van der Waals surface area (Å²) in [5.74, 6) is 1.33. The van der Waals surface area contributed by atoms with Gasteiger partial charge in [0.1, 0.15) is 0 Å². The molecule has 0 N–H and O–H groups in total. The van der Waals surface area contributed by atoms with E-state index >= 15 is 0 Å². The molecule has 0 unspecified atom stereocenters. The van der Waals surface area contributed by atoms with Gasteiger partial charge in [-0.3, -0.25) is 0 Å². The first-order chi connectivity index (χ1) is 12.8. The van der Waals surface area contributed by atoms with Crippen molar-refractivity contribution in [2.24, 2.45) is 0 Å². The van der Waals surface area contributed by atoms with Gasteiger partial charge in [0.15, 0.2) is 10.7 Å². The fourth-order valence-corrected chi connectivity index (χ4v) is 2.55. The van der Waals surface area contributed by atoms with Crippen LogP contribution in [-0.4, -0.2) is 39.5 Å². The molecule has 0 aromatic heterocycles. The zero-order valence-electron chi connectivity index (χ0n) is 15.9. The predicted molar refractivity (Wildman–Crippen MR) is 101 cm³/mol. The molecule has 0 saturated carbocycles. The van der Waals surface area contributed by atoms with Crippen LogP contribution in [0.15, 0.2) is 12.1 Å². The van der Waals surface area contributed by atoms with E-state index in [0.29, 0.717) is 37.9 Å². The Labute approximate surface area is 170 Å². The van der Waals surface area contributed by atoms with Gasteiger partial charge in [-0.2, -0.15) is 0 Å². The zero-order valence-corrected chi connectivity index (χ0v) is 19.6. The van der Waals surface area contributed by atoms with Crippen molar-refractivity contribution in [1.82, 2.24) is 0 Å².